The number of rotatable bonds is 2. The number of halogens is 1. The van der Waals surface area contributed by atoms with Crippen LogP contribution >= 0.6 is 0 Å². The molecule has 2 atom stereocenters. The van der Waals surface area contributed by atoms with Crippen LogP contribution in [0.3, 0.4) is 0 Å². The molecule has 1 aromatic rings. The number of nitrogen functional groups attached to an aromatic ring is 1. The second-order valence-electron chi connectivity index (χ2n) is 5.90. The van der Waals surface area contributed by atoms with E-state index in [4.69, 9.17) is 5.73 Å². The number of hydrogen-bond acceptors (Lipinski definition) is 4. The first-order chi connectivity index (χ1) is 9.89. The Morgan fingerprint density at radius 3 is 2.81 bits per heavy atom. The minimum Gasteiger partial charge on any atom is -0.396 e. The van der Waals surface area contributed by atoms with Crippen molar-refractivity contribution in [3.63, 3.8) is 0 Å². The average Bonchev–Trinajstić information content (AvgIpc) is 2.87. The van der Waals surface area contributed by atoms with Gasteiger partial charge in [-0.15, -0.1) is 0 Å². The van der Waals surface area contributed by atoms with Gasteiger partial charge in [0, 0.05) is 25.2 Å². The van der Waals surface area contributed by atoms with Gasteiger partial charge in [-0.2, -0.15) is 4.31 Å². The summed E-state index contributed by atoms with van der Waals surface area (Å²) in [6.07, 6.45) is 2.15. The minimum absolute atomic E-state index is 0.0692. The predicted octanol–water partition coefficient (Wildman–Crippen LogP) is 1.27. The normalized spacial score (nSPS) is 27.7. The van der Waals surface area contributed by atoms with E-state index in [1.807, 2.05) is 6.92 Å². The summed E-state index contributed by atoms with van der Waals surface area (Å²) in [5, 5.41) is 0. The van der Waals surface area contributed by atoms with Crippen molar-refractivity contribution in [2.24, 2.45) is 0 Å². The molecule has 0 bridgehead atoms. The molecule has 5 nitrogen and oxygen atoms in total. The van der Waals surface area contributed by atoms with Gasteiger partial charge in [-0.05, 0) is 44.5 Å². The Balaban J connectivity index is 1.91. The molecule has 2 fully saturated rings. The molecule has 0 spiro atoms. The van der Waals surface area contributed by atoms with Crippen LogP contribution in [0.1, 0.15) is 19.8 Å². The largest absolute Gasteiger partial charge is 0.396 e. The summed E-state index contributed by atoms with van der Waals surface area (Å²) in [5.74, 6) is -0.595. The highest BCUT2D eigenvalue weighted by Gasteiger charge is 2.40. The van der Waals surface area contributed by atoms with Gasteiger partial charge < -0.3 is 5.73 Å². The molecule has 2 aliphatic rings. The standard InChI is InChI=1S/C14H20FN3O2S/c1-10-8-17-6-2-3-11(17)9-18(10)21(19,20)12-4-5-13(15)14(16)7-12/h4-5,7,10-11H,2-3,6,8-9,16H2,1H3. The van der Waals surface area contributed by atoms with Crippen molar-refractivity contribution in [2.45, 2.75) is 36.7 Å². The third kappa shape index (κ3) is 2.54. The summed E-state index contributed by atoms with van der Waals surface area (Å²) in [5.41, 5.74) is 5.36. The van der Waals surface area contributed by atoms with Gasteiger partial charge in [0.2, 0.25) is 10.0 Å². The third-order valence-corrected chi connectivity index (χ3v) is 6.43. The lowest BCUT2D eigenvalue weighted by molar-refractivity contribution is 0.117. The topological polar surface area (TPSA) is 66.6 Å². The van der Waals surface area contributed by atoms with E-state index >= 15 is 0 Å². The fourth-order valence-electron chi connectivity index (χ4n) is 3.31. The van der Waals surface area contributed by atoms with Gasteiger partial charge in [0.25, 0.3) is 0 Å². The quantitative estimate of drug-likeness (QED) is 0.835. The van der Waals surface area contributed by atoms with E-state index < -0.39 is 15.8 Å². The van der Waals surface area contributed by atoms with Crippen LogP contribution in [-0.4, -0.2) is 49.3 Å². The van der Waals surface area contributed by atoms with Crippen molar-refractivity contribution in [2.75, 3.05) is 25.4 Å². The number of anilines is 1. The van der Waals surface area contributed by atoms with Crippen molar-refractivity contribution >= 4 is 15.7 Å². The van der Waals surface area contributed by atoms with Gasteiger partial charge >= 0.3 is 0 Å². The highest BCUT2D eigenvalue weighted by molar-refractivity contribution is 7.89. The highest BCUT2D eigenvalue weighted by Crippen LogP contribution is 2.29. The maximum absolute atomic E-state index is 13.2. The molecular weight excluding hydrogens is 293 g/mol. The average molecular weight is 313 g/mol. The van der Waals surface area contributed by atoms with Crippen molar-refractivity contribution in [3.8, 4) is 0 Å². The van der Waals surface area contributed by atoms with Crippen LogP contribution in [0, 0.1) is 5.82 Å². The fourth-order valence-corrected chi connectivity index (χ4v) is 5.01. The molecule has 0 radical (unpaired) electrons. The molecule has 116 valence electrons. The third-order valence-electron chi connectivity index (χ3n) is 4.45. The van der Waals surface area contributed by atoms with Gasteiger partial charge in [0.1, 0.15) is 5.82 Å². The van der Waals surface area contributed by atoms with Crippen molar-refractivity contribution in [3.05, 3.63) is 24.0 Å². The Morgan fingerprint density at radius 1 is 1.33 bits per heavy atom. The number of nitrogens with two attached hydrogens (primary N) is 1. The Morgan fingerprint density at radius 2 is 2.10 bits per heavy atom. The smallest absolute Gasteiger partial charge is 0.243 e. The van der Waals surface area contributed by atoms with Crippen LogP contribution in [0.2, 0.25) is 0 Å². The van der Waals surface area contributed by atoms with Gasteiger partial charge in [0.15, 0.2) is 0 Å². The summed E-state index contributed by atoms with van der Waals surface area (Å²) in [4.78, 5) is 2.43. The number of nitrogens with zero attached hydrogens (tertiary/aromatic N) is 2. The summed E-state index contributed by atoms with van der Waals surface area (Å²) in [7, 11) is -3.63. The Kier molecular flexibility index (Phi) is 3.67. The first-order valence-electron chi connectivity index (χ1n) is 7.20. The van der Waals surface area contributed by atoms with Gasteiger partial charge in [0.05, 0.1) is 10.6 Å². The van der Waals surface area contributed by atoms with E-state index in [0.29, 0.717) is 12.6 Å². The predicted molar refractivity (Wildman–Crippen MR) is 78.8 cm³/mol. The first kappa shape index (κ1) is 14.7. The second-order valence-corrected chi connectivity index (χ2v) is 7.79. The molecule has 2 heterocycles. The molecule has 0 aliphatic carbocycles. The van der Waals surface area contributed by atoms with Gasteiger partial charge in [-0.3, -0.25) is 4.90 Å². The highest BCUT2D eigenvalue weighted by atomic mass is 32.2. The van der Waals surface area contributed by atoms with Crippen LogP contribution in [0.15, 0.2) is 23.1 Å². The fraction of sp³-hybridized carbons (Fsp3) is 0.571. The molecule has 0 amide bonds. The number of fused-ring (bicyclic) bond motifs is 1. The number of sulfonamides is 1. The zero-order valence-corrected chi connectivity index (χ0v) is 12.8. The lowest BCUT2D eigenvalue weighted by atomic mass is 10.1. The molecule has 2 saturated heterocycles. The van der Waals surface area contributed by atoms with Crippen LogP contribution in [0.5, 0.6) is 0 Å². The zero-order chi connectivity index (χ0) is 15.2. The maximum atomic E-state index is 13.2. The molecular formula is C14H20FN3O2S. The minimum atomic E-state index is -3.63. The van der Waals surface area contributed by atoms with Crippen molar-refractivity contribution in [1.82, 2.24) is 9.21 Å². The number of hydrogen-bond donors (Lipinski definition) is 1. The van der Waals surface area contributed by atoms with E-state index in [-0.39, 0.29) is 16.6 Å². The summed E-state index contributed by atoms with van der Waals surface area (Å²) in [6, 6.07) is 3.82. The van der Waals surface area contributed by atoms with Crippen LogP contribution in [-0.2, 0) is 10.0 Å². The lowest BCUT2D eigenvalue weighted by Gasteiger charge is -2.41. The number of benzene rings is 1. The molecule has 2 aliphatic heterocycles. The molecule has 3 rings (SSSR count). The van der Waals surface area contributed by atoms with Crippen LogP contribution in [0.25, 0.3) is 0 Å². The van der Waals surface area contributed by atoms with E-state index in [9.17, 15) is 12.8 Å². The first-order valence-corrected chi connectivity index (χ1v) is 8.64. The van der Waals surface area contributed by atoms with Gasteiger partial charge in [-0.25, -0.2) is 12.8 Å². The van der Waals surface area contributed by atoms with E-state index in [0.717, 1.165) is 32.0 Å². The Hall–Kier alpha value is -1.18. The molecule has 2 unspecified atom stereocenters. The molecule has 0 aromatic heterocycles. The van der Waals surface area contributed by atoms with Crippen LogP contribution < -0.4 is 5.73 Å². The molecule has 21 heavy (non-hydrogen) atoms. The molecule has 2 N–H and O–H groups in total. The SMILES string of the molecule is CC1CN2CCCC2CN1S(=O)(=O)c1ccc(F)c(N)c1. The Labute approximate surface area is 124 Å². The van der Waals surface area contributed by atoms with E-state index in [1.54, 1.807) is 0 Å². The molecule has 0 saturated carbocycles. The lowest BCUT2D eigenvalue weighted by Crippen LogP contribution is -2.56. The van der Waals surface area contributed by atoms with Crippen molar-refractivity contribution < 1.29 is 12.8 Å². The van der Waals surface area contributed by atoms with E-state index in [2.05, 4.69) is 4.90 Å². The molecule has 1 aromatic carbocycles. The summed E-state index contributed by atoms with van der Waals surface area (Å²) >= 11 is 0. The number of piperazine rings is 1. The molecule has 7 heteroatoms. The van der Waals surface area contributed by atoms with E-state index in [1.165, 1.54) is 16.4 Å². The zero-order valence-electron chi connectivity index (χ0n) is 12.0. The maximum Gasteiger partial charge on any atom is 0.243 e. The Bertz CT molecular complexity index is 650. The summed E-state index contributed by atoms with van der Waals surface area (Å²) < 4.78 is 40.3. The van der Waals surface area contributed by atoms with Crippen LogP contribution in [0.4, 0.5) is 10.1 Å². The monoisotopic (exact) mass is 313 g/mol. The van der Waals surface area contributed by atoms with Crippen molar-refractivity contribution in [1.29, 1.82) is 0 Å². The van der Waals surface area contributed by atoms with Gasteiger partial charge in [-0.1, -0.05) is 0 Å². The second kappa shape index (κ2) is 5.23. The summed E-state index contributed by atoms with van der Waals surface area (Å²) in [6.45, 7) is 4.21.